The van der Waals surface area contributed by atoms with Gasteiger partial charge in [0.25, 0.3) is 17.7 Å². The van der Waals surface area contributed by atoms with Gasteiger partial charge < -0.3 is 5.32 Å². The molecule has 0 atom stereocenters. The number of nitrogens with one attached hydrogen (secondary N) is 1. The largest absolute Gasteiger partial charge is 0.322 e. The van der Waals surface area contributed by atoms with Gasteiger partial charge in [-0.25, -0.2) is 9.58 Å². The molecular weight excluding hydrogens is 642 g/mol. The lowest BCUT2D eigenvalue weighted by Crippen LogP contribution is -2.40. The number of hydrogen-bond donors (Lipinski definition) is 1. The molecule has 4 aromatic carbocycles. The van der Waals surface area contributed by atoms with Crippen molar-refractivity contribution in [3.8, 4) is 5.69 Å². The van der Waals surface area contributed by atoms with Gasteiger partial charge >= 0.3 is 0 Å². The third-order valence-corrected chi connectivity index (χ3v) is 7.38. The Balaban J connectivity index is 1.74. The Bertz CT molecular complexity index is 1760. The molecule has 1 aromatic heterocycles. The van der Waals surface area contributed by atoms with Gasteiger partial charge in [0.05, 0.1) is 33.1 Å². The maximum Gasteiger partial charge on any atom is 0.268 e. The van der Waals surface area contributed by atoms with Crippen LogP contribution in [0.3, 0.4) is 0 Å². The van der Waals surface area contributed by atoms with Crippen LogP contribution in [-0.2, 0) is 0 Å². The fourth-order valence-electron chi connectivity index (χ4n) is 4.06. The first-order valence-corrected chi connectivity index (χ1v) is 14.0. The fourth-order valence-corrected chi connectivity index (χ4v) is 5.16. The molecule has 0 saturated carbocycles. The minimum atomic E-state index is -0.856. The van der Waals surface area contributed by atoms with Gasteiger partial charge in [-0.05, 0) is 72.8 Å². The molecule has 0 aliphatic heterocycles. The van der Waals surface area contributed by atoms with Gasteiger partial charge in [0.15, 0.2) is 5.82 Å². The van der Waals surface area contributed by atoms with Gasteiger partial charge in [0.2, 0.25) is 0 Å². The van der Waals surface area contributed by atoms with E-state index >= 15 is 0 Å². The van der Waals surface area contributed by atoms with E-state index in [1.165, 1.54) is 47.3 Å². The Morgan fingerprint density at radius 3 is 1.69 bits per heavy atom. The zero-order valence-electron chi connectivity index (χ0n) is 21.2. The van der Waals surface area contributed by atoms with Crippen LogP contribution in [0.15, 0.2) is 97.2 Å². The Morgan fingerprint density at radius 2 is 1.17 bits per heavy atom. The van der Waals surface area contributed by atoms with Gasteiger partial charge in [-0.1, -0.05) is 76.2 Å². The van der Waals surface area contributed by atoms with Crippen LogP contribution < -0.4 is 10.2 Å². The van der Waals surface area contributed by atoms with Crippen molar-refractivity contribution >= 4 is 87.2 Å². The molecule has 5 rings (SSSR count). The van der Waals surface area contributed by atoms with Crippen LogP contribution in [0.25, 0.3) is 5.69 Å². The van der Waals surface area contributed by atoms with Crippen molar-refractivity contribution in [1.82, 2.24) is 9.78 Å². The molecule has 3 amide bonds. The van der Waals surface area contributed by atoms with Crippen LogP contribution in [0.2, 0.25) is 25.1 Å². The van der Waals surface area contributed by atoms with Gasteiger partial charge in [-0.2, -0.15) is 5.10 Å². The maximum absolute atomic E-state index is 14.2. The fraction of sp³-hybridized carbons (Fsp3) is 0. The van der Waals surface area contributed by atoms with E-state index in [4.69, 9.17) is 58.0 Å². The SMILES string of the molecule is O=C(Nc1ccc(Cl)cc1)c1cnn(-c2ccccc2)c1N(C(=O)c1ccc(Cl)cc1Cl)C(=O)c1ccc(Cl)cc1Cl. The molecule has 1 heterocycles. The number of para-hydroxylation sites is 1. The predicted octanol–water partition coefficient (Wildman–Crippen LogP) is 8.88. The van der Waals surface area contributed by atoms with E-state index in [-0.39, 0.29) is 42.6 Å². The molecule has 0 bridgehead atoms. The van der Waals surface area contributed by atoms with Crippen molar-refractivity contribution in [2.45, 2.75) is 0 Å². The summed E-state index contributed by atoms with van der Waals surface area (Å²) in [6.45, 7) is 0. The quantitative estimate of drug-likeness (QED) is 0.185. The zero-order chi connectivity index (χ0) is 30.0. The summed E-state index contributed by atoms with van der Waals surface area (Å²) < 4.78 is 1.31. The number of benzene rings is 4. The molecule has 12 heteroatoms. The first-order chi connectivity index (χ1) is 20.1. The molecule has 7 nitrogen and oxygen atoms in total. The van der Waals surface area contributed by atoms with E-state index < -0.39 is 17.7 Å². The molecule has 0 radical (unpaired) electrons. The lowest BCUT2D eigenvalue weighted by atomic mass is 10.1. The second kappa shape index (κ2) is 12.6. The van der Waals surface area contributed by atoms with Crippen LogP contribution >= 0.6 is 58.0 Å². The molecule has 0 aliphatic rings. The van der Waals surface area contributed by atoms with E-state index in [2.05, 4.69) is 10.4 Å². The zero-order valence-corrected chi connectivity index (χ0v) is 25.0. The van der Waals surface area contributed by atoms with Crippen molar-refractivity contribution in [2.24, 2.45) is 0 Å². The summed E-state index contributed by atoms with van der Waals surface area (Å²) in [6, 6.07) is 23.5. The van der Waals surface area contributed by atoms with Crippen molar-refractivity contribution in [2.75, 3.05) is 10.2 Å². The summed E-state index contributed by atoms with van der Waals surface area (Å²) in [5.74, 6) is -2.51. The smallest absolute Gasteiger partial charge is 0.268 e. The average molecular weight is 659 g/mol. The highest BCUT2D eigenvalue weighted by Gasteiger charge is 2.35. The first kappa shape index (κ1) is 29.6. The van der Waals surface area contributed by atoms with E-state index in [0.29, 0.717) is 16.4 Å². The molecule has 42 heavy (non-hydrogen) atoms. The van der Waals surface area contributed by atoms with Crippen LogP contribution in [0.5, 0.6) is 0 Å². The van der Waals surface area contributed by atoms with E-state index in [1.54, 1.807) is 54.6 Å². The standard InChI is InChI=1S/C30H17Cl5N4O3/c31-17-6-10-20(11-7-17)37-27(40)24-16-36-39(21-4-2-1-3-5-21)28(24)38(29(41)22-12-8-18(32)14-25(22)34)30(42)23-13-9-19(33)15-26(23)35/h1-16H,(H,37,40). The lowest BCUT2D eigenvalue weighted by molar-refractivity contribution is 0.0896. The van der Waals surface area contributed by atoms with Crippen LogP contribution in [0.4, 0.5) is 11.5 Å². The summed E-state index contributed by atoms with van der Waals surface area (Å²) in [7, 11) is 0. The molecule has 0 aliphatic carbocycles. The molecular formula is C30H17Cl5N4O3. The number of imide groups is 1. The number of nitrogens with zero attached hydrogens (tertiary/aromatic N) is 3. The van der Waals surface area contributed by atoms with Crippen molar-refractivity contribution in [1.29, 1.82) is 0 Å². The van der Waals surface area contributed by atoms with Crippen LogP contribution in [0.1, 0.15) is 31.1 Å². The van der Waals surface area contributed by atoms with E-state index in [9.17, 15) is 14.4 Å². The number of aromatic nitrogens is 2. The Labute approximate surface area is 265 Å². The summed E-state index contributed by atoms with van der Waals surface area (Å²) >= 11 is 31.0. The summed E-state index contributed by atoms with van der Waals surface area (Å²) in [4.78, 5) is 43.0. The van der Waals surface area contributed by atoms with Crippen LogP contribution in [-0.4, -0.2) is 27.5 Å². The Hall–Kier alpha value is -3.85. The Morgan fingerprint density at radius 1 is 0.643 bits per heavy atom. The maximum atomic E-state index is 14.2. The summed E-state index contributed by atoms with van der Waals surface area (Å²) in [6.07, 6.45) is 1.26. The topological polar surface area (TPSA) is 84.3 Å². The van der Waals surface area contributed by atoms with E-state index in [0.717, 1.165) is 4.90 Å². The number of carbonyl (C=O) groups is 3. The average Bonchev–Trinajstić information content (AvgIpc) is 3.39. The van der Waals surface area contributed by atoms with Crippen molar-refractivity contribution in [3.05, 3.63) is 139 Å². The number of rotatable bonds is 6. The lowest BCUT2D eigenvalue weighted by Gasteiger charge is -2.24. The summed E-state index contributed by atoms with van der Waals surface area (Å²) in [5, 5.41) is 8.17. The number of amides is 3. The normalized spacial score (nSPS) is 10.8. The first-order valence-electron chi connectivity index (χ1n) is 12.1. The predicted molar refractivity (Wildman–Crippen MR) is 167 cm³/mol. The van der Waals surface area contributed by atoms with Gasteiger partial charge in [0, 0.05) is 20.8 Å². The molecule has 210 valence electrons. The third kappa shape index (κ3) is 6.16. The van der Waals surface area contributed by atoms with E-state index in [1.807, 2.05) is 0 Å². The second-order valence-corrected chi connectivity index (χ2v) is 10.9. The number of hydrogen-bond acceptors (Lipinski definition) is 4. The third-order valence-electron chi connectivity index (χ3n) is 6.03. The molecule has 0 spiro atoms. The highest BCUT2D eigenvalue weighted by atomic mass is 35.5. The Kier molecular flexibility index (Phi) is 8.87. The van der Waals surface area contributed by atoms with Gasteiger partial charge in [0.1, 0.15) is 5.56 Å². The minimum absolute atomic E-state index is 0.00885. The number of anilines is 2. The van der Waals surface area contributed by atoms with Crippen molar-refractivity contribution < 1.29 is 14.4 Å². The molecule has 0 saturated heterocycles. The van der Waals surface area contributed by atoms with Gasteiger partial charge in [-0.15, -0.1) is 0 Å². The molecule has 5 aromatic rings. The molecule has 0 unspecified atom stereocenters. The second-order valence-electron chi connectivity index (χ2n) is 8.78. The van der Waals surface area contributed by atoms with Crippen LogP contribution in [0, 0.1) is 0 Å². The summed E-state index contributed by atoms with van der Waals surface area (Å²) in [5.41, 5.74) is 0.695. The van der Waals surface area contributed by atoms with Gasteiger partial charge in [-0.3, -0.25) is 14.4 Å². The highest BCUT2D eigenvalue weighted by Crippen LogP contribution is 2.33. The number of carbonyl (C=O) groups excluding carboxylic acids is 3. The minimum Gasteiger partial charge on any atom is -0.322 e. The monoisotopic (exact) mass is 656 g/mol. The van der Waals surface area contributed by atoms with Crippen molar-refractivity contribution in [3.63, 3.8) is 0 Å². The highest BCUT2D eigenvalue weighted by molar-refractivity contribution is 6.41. The molecule has 0 fully saturated rings. The molecule has 1 N–H and O–H groups in total. The number of halogens is 5.